The Morgan fingerprint density at radius 3 is 2.50 bits per heavy atom. The topological polar surface area (TPSA) is 82.7 Å². The Bertz CT molecular complexity index is 502. The normalized spacial score (nSPS) is 25.3. The molecular formula is C11H12N4O3. The van der Waals surface area contributed by atoms with Crippen LogP contribution in [0.15, 0.2) is 24.3 Å². The molecule has 0 aromatic heterocycles. The number of ether oxygens (including phenoxy) is 1. The van der Waals surface area contributed by atoms with Gasteiger partial charge < -0.3 is 20.7 Å². The molecule has 18 heavy (non-hydrogen) atoms. The largest absolute Gasteiger partial charge is 0.497 e. The van der Waals surface area contributed by atoms with Crippen LogP contribution in [0.5, 0.6) is 5.75 Å². The summed E-state index contributed by atoms with van der Waals surface area (Å²) in [7, 11) is 1.58. The first-order chi connectivity index (χ1) is 8.69. The number of anilines is 1. The Hall–Kier alpha value is -2.44. The van der Waals surface area contributed by atoms with Crippen LogP contribution < -0.4 is 25.6 Å². The SMILES string of the molecule is COc1ccc(N2C(=O)N[C@@H]3NC(=O)N[C@@H]32)cc1. The van der Waals surface area contributed by atoms with Gasteiger partial charge in [0.2, 0.25) is 0 Å². The van der Waals surface area contributed by atoms with Gasteiger partial charge in [-0.3, -0.25) is 4.90 Å². The molecule has 2 aliphatic heterocycles. The fraction of sp³-hybridized carbons (Fsp3) is 0.273. The number of nitrogens with zero attached hydrogens (tertiary/aromatic N) is 1. The molecule has 1 aromatic rings. The molecule has 3 N–H and O–H groups in total. The van der Waals surface area contributed by atoms with Crippen molar-refractivity contribution in [2.75, 3.05) is 12.0 Å². The van der Waals surface area contributed by atoms with Crippen LogP contribution in [0, 0.1) is 0 Å². The van der Waals surface area contributed by atoms with E-state index in [2.05, 4.69) is 16.0 Å². The zero-order chi connectivity index (χ0) is 12.7. The molecule has 1 aromatic carbocycles. The zero-order valence-corrected chi connectivity index (χ0v) is 9.64. The quantitative estimate of drug-likeness (QED) is 0.698. The molecule has 4 amide bonds. The molecule has 94 valence electrons. The molecule has 2 saturated heterocycles. The number of benzene rings is 1. The second-order valence-electron chi connectivity index (χ2n) is 4.06. The lowest BCUT2D eigenvalue weighted by Crippen LogP contribution is -2.43. The summed E-state index contributed by atoms with van der Waals surface area (Å²) in [6, 6.07) is 6.53. The summed E-state index contributed by atoms with van der Waals surface area (Å²) >= 11 is 0. The first kappa shape index (κ1) is 10.7. The number of urea groups is 2. The van der Waals surface area contributed by atoms with Gasteiger partial charge in [-0.25, -0.2) is 9.59 Å². The number of fused-ring (bicyclic) bond motifs is 1. The molecule has 7 heteroatoms. The molecule has 2 aliphatic rings. The minimum Gasteiger partial charge on any atom is -0.497 e. The lowest BCUT2D eigenvalue weighted by Gasteiger charge is -2.21. The van der Waals surface area contributed by atoms with E-state index in [0.717, 1.165) is 0 Å². The standard InChI is InChI=1S/C11H12N4O3/c1-18-7-4-2-6(3-5-7)15-9-8(13-11(15)17)12-10(16)14-9/h2-5,8-9H,1H3,(H,13,17)(H2,12,14,16)/t8-,9+/m0/s1. The fourth-order valence-corrected chi connectivity index (χ4v) is 2.16. The van der Waals surface area contributed by atoms with Gasteiger partial charge in [-0.15, -0.1) is 0 Å². The summed E-state index contributed by atoms with van der Waals surface area (Å²) in [5, 5.41) is 7.99. The molecule has 0 saturated carbocycles. The Morgan fingerprint density at radius 2 is 1.83 bits per heavy atom. The average Bonchev–Trinajstić information content (AvgIpc) is 2.84. The Labute approximate surface area is 103 Å². The Kier molecular flexibility index (Phi) is 2.26. The molecule has 0 unspecified atom stereocenters. The Morgan fingerprint density at radius 1 is 1.11 bits per heavy atom. The molecule has 7 nitrogen and oxygen atoms in total. The maximum Gasteiger partial charge on any atom is 0.325 e. The van der Waals surface area contributed by atoms with E-state index in [4.69, 9.17) is 4.74 Å². The monoisotopic (exact) mass is 248 g/mol. The van der Waals surface area contributed by atoms with E-state index in [0.29, 0.717) is 11.4 Å². The molecule has 0 bridgehead atoms. The molecule has 2 atom stereocenters. The third kappa shape index (κ3) is 1.52. The van der Waals surface area contributed by atoms with E-state index < -0.39 is 12.3 Å². The van der Waals surface area contributed by atoms with E-state index in [1.165, 1.54) is 4.90 Å². The molecular weight excluding hydrogens is 236 g/mol. The van der Waals surface area contributed by atoms with E-state index >= 15 is 0 Å². The minimum atomic E-state index is -0.404. The second kappa shape index (κ2) is 3.80. The van der Waals surface area contributed by atoms with Crippen molar-refractivity contribution in [3.8, 4) is 5.75 Å². The predicted octanol–water partition coefficient (Wildman–Crippen LogP) is 0.190. The van der Waals surface area contributed by atoms with Crippen molar-refractivity contribution in [2.24, 2.45) is 0 Å². The second-order valence-corrected chi connectivity index (χ2v) is 4.06. The van der Waals surface area contributed by atoms with Gasteiger partial charge in [-0.1, -0.05) is 0 Å². The van der Waals surface area contributed by atoms with Crippen LogP contribution in [-0.2, 0) is 0 Å². The van der Waals surface area contributed by atoms with Crippen LogP contribution in [0.2, 0.25) is 0 Å². The maximum atomic E-state index is 11.8. The van der Waals surface area contributed by atoms with E-state index in [-0.39, 0.29) is 12.1 Å². The number of carbonyl (C=O) groups is 2. The highest BCUT2D eigenvalue weighted by atomic mass is 16.5. The maximum absolute atomic E-state index is 11.8. The van der Waals surface area contributed by atoms with Crippen LogP contribution in [0.3, 0.4) is 0 Å². The minimum absolute atomic E-state index is 0.248. The number of hydrogen-bond acceptors (Lipinski definition) is 3. The third-order valence-corrected chi connectivity index (χ3v) is 3.01. The van der Waals surface area contributed by atoms with Gasteiger partial charge in [-0.05, 0) is 24.3 Å². The van der Waals surface area contributed by atoms with E-state index in [1.807, 2.05) is 0 Å². The van der Waals surface area contributed by atoms with Crippen LogP contribution >= 0.6 is 0 Å². The van der Waals surface area contributed by atoms with Gasteiger partial charge in [0.05, 0.1) is 7.11 Å². The van der Waals surface area contributed by atoms with Crippen molar-refractivity contribution in [1.29, 1.82) is 0 Å². The van der Waals surface area contributed by atoms with Crippen molar-refractivity contribution < 1.29 is 14.3 Å². The number of hydrogen-bond donors (Lipinski definition) is 3. The first-order valence-corrected chi connectivity index (χ1v) is 5.50. The van der Waals surface area contributed by atoms with E-state index in [1.54, 1.807) is 31.4 Å². The number of nitrogens with one attached hydrogen (secondary N) is 3. The van der Waals surface area contributed by atoms with Crippen LogP contribution in [0.25, 0.3) is 0 Å². The average molecular weight is 248 g/mol. The van der Waals surface area contributed by atoms with Crippen LogP contribution in [0.4, 0.5) is 15.3 Å². The van der Waals surface area contributed by atoms with Crippen LogP contribution in [0.1, 0.15) is 0 Å². The number of rotatable bonds is 2. The van der Waals surface area contributed by atoms with Gasteiger partial charge in [0.25, 0.3) is 0 Å². The van der Waals surface area contributed by atoms with Crippen LogP contribution in [-0.4, -0.2) is 31.5 Å². The van der Waals surface area contributed by atoms with Crippen molar-refractivity contribution in [3.05, 3.63) is 24.3 Å². The first-order valence-electron chi connectivity index (χ1n) is 5.50. The molecule has 2 fully saturated rings. The molecule has 3 rings (SSSR count). The van der Waals surface area contributed by atoms with Crippen molar-refractivity contribution in [1.82, 2.24) is 16.0 Å². The number of amides is 4. The highest BCUT2D eigenvalue weighted by molar-refractivity contribution is 5.98. The Balaban J connectivity index is 1.90. The smallest absolute Gasteiger partial charge is 0.325 e. The van der Waals surface area contributed by atoms with Gasteiger partial charge in [0.1, 0.15) is 11.9 Å². The molecule has 0 aliphatic carbocycles. The number of carbonyl (C=O) groups excluding carboxylic acids is 2. The zero-order valence-electron chi connectivity index (χ0n) is 9.64. The summed E-state index contributed by atoms with van der Waals surface area (Å²) in [6.07, 6.45) is -0.800. The third-order valence-electron chi connectivity index (χ3n) is 3.01. The van der Waals surface area contributed by atoms with Gasteiger partial charge in [-0.2, -0.15) is 0 Å². The van der Waals surface area contributed by atoms with E-state index in [9.17, 15) is 9.59 Å². The summed E-state index contributed by atoms with van der Waals surface area (Å²) in [5.74, 6) is 0.712. The molecule has 0 radical (unpaired) electrons. The highest BCUT2D eigenvalue weighted by Crippen LogP contribution is 2.25. The van der Waals surface area contributed by atoms with Crippen molar-refractivity contribution in [3.63, 3.8) is 0 Å². The highest BCUT2D eigenvalue weighted by Gasteiger charge is 2.46. The number of methoxy groups -OCH3 is 1. The predicted molar refractivity (Wildman–Crippen MR) is 63.2 cm³/mol. The fourth-order valence-electron chi connectivity index (χ4n) is 2.16. The van der Waals surface area contributed by atoms with Gasteiger partial charge in [0, 0.05) is 5.69 Å². The molecule has 2 heterocycles. The summed E-state index contributed by atoms with van der Waals surface area (Å²) in [6.45, 7) is 0. The summed E-state index contributed by atoms with van der Waals surface area (Å²) in [5.41, 5.74) is 0.699. The van der Waals surface area contributed by atoms with Gasteiger partial charge in [0.15, 0.2) is 6.17 Å². The lowest BCUT2D eigenvalue weighted by atomic mass is 10.2. The summed E-state index contributed by atoms with van der Waals surface area (Å²) in [4.78, 5) is 24.6. The molecule has 0 spiro atoms. The van der Waals surface area contributed by atoms with Crippen molar-refractivity contribution in [2.45, 2.75) is 12.3 Å². The summed E-state index contributed by atoms with van der Waals surface area (Å²) < 4.78 is 5.06. The lowest BCUT2D eigenvalue weighted by molar-refractivity contribution is 0.242. The van der Waals surface area contributed by atoms with Gasteiger partial charge >= 0.3 is 12.1 Å². The van der Waals surface area contributed by atoms with Crippen molar-refractivity contribution >= 4 is 17.7 Å².